The highest BCUT2D eigenvalue weighted by Crippen LogP contribution is 2.43. The van der Waals surface area contributed by atoms with Crippen LogP contribution in [-0.2, 0) is 11.3 Å². The zero-order chi connectivity index (χ0) is 16.4. The molecule has 2 aromatic carbocycles. The Labute approximate surface area is 137 Å². The topological polar surface area (TPSA) is 55.8 Å². The number of fused-ring (bicyclic) bond motifs is 1. The van der Waals surface area contributed by atoms with Crippen LogP contribution in [0.1, 0.15) is 15.2 Å². The second-order valence-corrected chi connectivity index (χ2v) is 6.19. The van der Waals surface area contributed by atoms with Crippen LogP contribution >= 0.6 is 11.3 Å². The fourth-order valence-corrected chi connectivity index (χ4v) is 3.83. The lowest BCUT2D eigenvalue weighted by Crippen LogP contribution is -1.95. The molecule has 118 valence electrons. The highest BCUT2D eigenvalue weighted by atomic mass is 32.1. The van der Waals surface area contributed by atoms with Crippen LogP contribution in [0, 0.1) is 0 Å². The normalized spacial score (nSPS) is 10.9. The highest BCUT2D eigenvalue weighted by molar-refractivity contribution is 7.19. The van der Waals surface area contributed by atoms with Gasteiger partial charge in [-0.2, -0.15) is 0 Å². The van der Waals surface area contributed by atoms with E-state index in [1.807, 2.05) is 30.3 Å². The van der Waals surface area contributed by atoms with Crippen LogP contribution in [0.4, 0.5) is 0 Å². The van der Waals surface area contributed by atoms with E-state index in [2.05, 4.69) is 0 Å². The first kappa shape index (κ1) is 15.5. The summed E-state index contributed by atoms with van der Waals surface area (Å²) in [5.74, 6) is -0.178. The van der Waals surface area contributed by atoms with Gasteiger partial charge in [0.1, 0.15) is 5.75 Å². The van der Waals surface area contributed by atoms with Crippen molar-refractivity contribution in [3.05, 3.63) is 52.9 Å². The lowest BCUT2D eigenvalue weighted by Gasteiger charge is -2.10. The molecule has 0 aliphatic rings. The summed E-state index contributed by atoms with van der Waals surface area (Å²) in [6.45, 7) is 0.467. The Balaban J connectivity index is 2.33. The summed E-state index contributed by atoms with van der Waals surface area (Å²) in [5, 5.41) is 10.2. The van der Waals surface area contributed by atoms with Crippen molar-refractivity contribution >= 4 is 27.4 Å². The molecule has 1 N–H and O–H groups in total. The van der Waals surface area contributed by atoms with E-state index >= 15 is 0 Å². The standard InChI is InChI=1S/C18H16O4S/c1-21-10-16-17(12-5-3-4-6-14(12)22-2)13-9-11(18(19)20)7-8-15(13)23-16/h3-9H,10H2,1-2H3,(H,19,20). The van der Waals surface area contributed by atoms with Gasteiger partial charge in [-0.3, -0.25) is 0 Å². The Morgan fingerprint density at radius 3 is 2.65 bits per heavy atom. The summed E-state index contributed by atoms with van der Waals surface area (Å²) >= 11 is 1.61. The van der Waals surface area contributed by atoms with E-state index in [1.165, 1.54) is 0 Å². The highest BCUT2D eigenvalue weighted by Gasteiger charge is 2.18. The largest absolute Gasteiger partial charge is 0.496 e. The van der Waals surface area contributed by atoms with Crippen molar-refractivity contribution in [3.63, 3.8) is 0 Å². The molecule has 1 heterocycles. The van der Waals surface area contributed by atoms with Gasteiger partial charge in [0.15, 0.2) is 0 Å². The van der Waals surface area contributed by atoms with Crippen molar-refractivity contribution in [2.45, 2.75) is 6.61 Å². The Morgan fingerprint density at radius 2 is 1.96 bits per heavy atom. The number of hydrogen-bond donors (Lipinski definition) is 1. The third-order valence-corrected chi connectivity index (χ3v) is 4.80. The van der Waals surface area contributed by atoms with Crippen molar-refractivity contribution in [1.29, 1.82) is 0 Å². The molecule has 0 saturated heterocycles. The molecule has 3 rings (SSSR count). The van der Waals surface area contributed by atoms with Crippen molar-refractivity contribution in [3.8, 4) is 16.9 Å². The lowest BCUT2D eigenvalue weighted by atomic mass is 10.00. The number of carbonyl (C=O) groups is 1. The first-order valence-electron chi connectivity index (χ1n) is 7.06. The van der Waals surface area contributed by atoms with Crippen molar-refractivity contribution in [2.24, 2.45) is 0 Å². The molecule has 23 heavy (non-hydrogen) atoms. The molecule has 0 fully saturated rings. The quantitative estimate of drug-likeness (QED) is 0.753. The minimum atomic E-state index is -0.933. The minimum absolute atomic E-state index is 0.274. The predicted octanol–water partition coefficient (Wildman–Crippen LogP) is 4.42. The van der Waals surface area contributed by atoms with Gasteiger partial charge in [0.2, 0.25) is 0 Å². The zero-order valence-corrected chi connectivity index (χ0v) is 13.6. The van der Waals surface area contributed by atoms with E-state index in [-0.39, 0.29) is 5.56 Å². The number of thiophene rings is 1. The van der Waals surface area contributed by atoms with Crippen LogP contribution in [0.3, 0.4) is 0 Å². The molecule has 0 saturated carbocycles. The molecule has 4 nitrogen and oxygen atoms in total. The van der Waals surface area contributed by atoms with E-state index in [1.54, 1.807) is 37.7 Å². The van der Waals surface area contributed by atoms with Gasteiger partial charge in [-0.15, -0.1) is 11.3 Å². The van der Waals surface area contributed by atoms with Gasteiger partial charge < -0.3 is 14.6 Å². The second-order valence-electron chi connectivity index (χ2n) is 5.05. The van der Waals surface area contributed by atoms with Gasteiger partial charge in [-0.25, -0.2) is 4.79 Å². The van der Waals surface area contributed by atoms with E-state index < -0.39 is 5.97 Å². The van der Waals surface area contributed by atoms with E-state index in [4.69, 9.17) is 9.47 Å². The molecular weight excluding hydrogens is 312 g/mol. The smallest absolute Gasteiger partial charge is 0.335 e. The molecule has 5 heteroatoms. The second kappa shape index (κ2) is 6.40. The van der Waals surface area contributed by atoms with Crippen LogP contribution in [0.25, 0.3) is 21.2 Å². The average Bonchev–Trinajstić information content (AvgIpc) is 2.92. The molecule has 0 unspecified atom stereocenters. The van der Waals surface area contributed by atoms with Gasteiger partial charge >= 0.3 is 5.97 Å². The fourth-order valence-electron chi connectivity index (χ4n) is 2.66. The summed E-state index contributed by atoms with van der Waals surface area (Å²) in [6, 6.07) is 12.9. The van der Waals surface area contributed by atoms with Crippen molar-refractivity contribution in [2.75, 3.05) is 14.2 Å². The number of carboxylic acids is 1. The molecule has 0 aliphatic heterocycles. The minimum Gasteiger partial charge on any atom is -0.496 e. The molecule has 0 aliphatic carbocycles. The first-order valence-corrected chi connectivity index (χ1v) is 7.88. The van der Waals surface area contributed by atoms with Crippen molar-refractivity contribution < 1.29 is 19.4 Å². The van der Waals surface area contributed by atoms with Crippen LogP contribution in [0.5, 0.6) is 5.75 Å². The number of ether oxygens (including phenoxy) is 2. The molecule has 0 bridgehead atoms. The Kier molecular flexibility index (Phi) is 4.32. The summed E-state index contributed by atoms with van der Waals surface area (Å²) in [5.41, 5.74) is 2.19. The lowest BCUT2D eigenvalue weighted by molar-refractivity contribution is 0.0697. The fraction of sp³-hybridized carbons (Fsp3) is 0.167. The Morgan fingerprint density at radius 1 is 1.17 bits per heavy atom. The third kappa shape index (κ3) is 2.81. The third-order valence-electron chi connectivity index (χ3n) is 3.66. The van der Waals surface area contributed by atoms with Gasteiger partial charge in [-0.1, -0.05) is 18.2 Å². The van der Waals surface area contributed by atoms with Crippen LogP contribution < -0.4 is 4.74 Å². The maximum atomic E-state index is 11.3. The number of methoxy groups -OCH3 is 2. The number of para-hydroxylation sites is 1. The number of carboxylic acid groups (broad SMARTS) is 1. The van der Waals surface area contributed by atoms with Gasteiger partial charge in [0.25, 0.3) is 0 Å². The van der Waals surface area contributed by atoms with Crippen LogP contribution in [0.2, 0.25) is 0 Å². The van der Waals surface area contributed by atoms with Gasteiger partial charge in [0.05, 0.1) is 19.3 Å². The van der Waals surface area contributed by atoms with Crippen LogP contribution in [0.15, 0.2) is 42.5 Å². The van der Waals surface area contributed by atoms with E-state index in [9.17, 15) is 9.90 Å². The Bertz CT molecular complexity index is 867. The number of benzene rings is 2. The molecule has 0 amide bonds. The molecule has 0 radical (unpaired) electrons. The molecule has 1 aromatic heterocycles. The molecule has 0 spiro atoms. The maximum absolute atomic E-state index is 11.3. The molecular formula is C18H16O4S. The van der Waals surface area contributed by atoms with Gasteiger partial charge in [-0.05, 0) is 24.3 Å². The SMILES string of the molecule is COCc1sc2ccc(C(=O)O)cc2c1-c1ccccc1OC. The summed E-state index contributed by atoms with van der Waals surface area (Å²) in [7, 11) is 3.28. The Hall–Kier alpha value is -2.37. The van der Waals surface area contributed by atoms with Crippen LogP contribution in [-0.4, -0.2) is 25.3 Å². The van der Waals surface area contributed by atoms with Crippen molar-refractivity contribution in [1.82, 2.24) is 0 Å². The zero-order valence-electron chi connectivity index (χ0n) is 12.8. The summed E-state index contributed by atoms with van der Waals surface area (Å²) in [6.07, 6.45) is 0. The van der Waals surface area contributed by atoms with E-state index in [0.717, 1.165) is 31.8 Å². The summed E-state index contributed by atoms with van der Waals surface area (Å²) in [4.78, 5) is 12.4. The average molecular weight is 328 g/mol. The number of hydrogen-bond acceptors (Lipinski definition) is 4. The van der Waals surface area contributed by atoms with Gasteiger partial charge in [0, 0.05) is 33.2 Å². The van der Waals surface area contributed by atoms with E-state index in [0.29, 0.717) is 6.61 Å². The monoisotopic (exact) mass is 328 g/mol. The number of rotatable bonds is 5. The maximum Gasteiger partial charge on any atom is 0.335 e. The summed E-state index contributed by atoms with van der Waals surface area (Å²) < 4.78 is 11.8. The molecule has 3 aromatic rings. The first-order chi connectivity index (χ1) is 11.2. The number of aromatic carboxylic acids is 1. The molecule has 0 atom stereocenters. The predicted molar refractivity (Wildman–Crippen MR) is 91.5 cm³/mol.